The summed E-state index contributed by atoms with van der Waals surface area (Å²) in [6, 6.07) is 3.70. The Hall–Kier alpha value is -2.37. The van der Waals surface area contributed by atoms with E-state index in [9.17, 15) is 4.79 Å². The maximum absolute atomic E-state index is 10.7. The van der Waals surface area contributed by atoms with Gasteiger partial charge >= 0.3 is 5.97 Å². The number of carbonyl (C=O) groups is 1. The molecule has 0 unspecified atom stereocenters. The summed E-state index contributed by atoms with van der Waals surface area (Å²) in [4.78, 5) is 18.3. The second-order valence-electron chi connectivity index (χ2n) is 3.35. The fraction of sp³-hybridized carbons (Fsp3) is 0.182. The molecule has 2 aromatic heterocycles. The van der Waals surface area contributed by atoms with E-state index in [1.165, 1.54) is 12.4 Å². The van der Waals surface area contributed by atoms with Crippen LogP contribution in [0, 0.1) is 0 Å². The van der Waals surface area contributed by atoms with Crippen LogP contribution < -0.4 is 5.32 Å². The number of furan rings is 1. The molecular weight excluding hydrogens is 222 g/mol. The summed E-state index contributed by atoms with van der Waals surface area (Å²) < 4.78 is 5.16. The van der Waals surface area contributed by atoms with Crippen LogP contribution in [0.4, 0.5) is 5.82 Å². The molecule has 0 amide bonds. The maximum Gasteiger partial charge on any atom is 0.356 e. The zero-order valence-electron chi connectivity index (χ0n) is 8.96. The summed E-state index contributed by atoms with van der Waals surface area (Å²) in [5.41, 5.74) is -0.0759. The van der Waals surface area contributed by atoms with Crippen LogP contribution in [0.3, 0.4) is 0 Å². The fourth-order valence-corrected chi connectivity index (χ4v) is 1.32. The largest absolute Gasteiger partial charge is 0.476 e. The zero-order valence-corrected chi connectivity index (χ0v) is 8.96. The minimum Gasteiger partial charge on any atom is -0.476 e. The van der Waals surface area contributed by atoms with E-state index < -0.39 is 5.97 Å². The van der Waals surface area contributed by atoms with Gasteiger partial charge in [-0.3, -0.25) is 4.98 Å². The Bertz CT molecular complexity index is 496. The molecular formula is C11H11N3O3. The van der Waals surface area contributed by atoms with E-state index in [4.69, 9.17) is 9.52 Å². The first-order valence-corrected chi connectivity index (χ1v) is 5.07. The predicted octanol–water partition coefficient (Wildman–Crippen LogP) is 1.42. The molecule has 0 spiro atoms. The van der Waals surface area contributed by atoms with Gasteiger partial charge in [0.05, 0.1) is 18.7 Å². The van der Waals surface area contributed by atoms with Crippen molar-refractivity contribution in [3.63, 3.8) is 0 Å². The lowest BCUT2D eigenvalue weighted by Gasteiger charge is -2.04. The van der Waals surface area contributed by atoms with Gasteiger partial charge in [0.1, 0.15) is 11.6 Å². The van der Waals surface area contributed by atoms with Gasteiger partial charge in [0.2, 0.25) is 0 Å². The predicted molar refractivity (Wildman–Crippen MR) is 59.9 cm³/mol. The third-order valence-electron chi connectivity index (χ3n) is 2.11. The smallest absolute Gasteiger partial charge is 0.356 e. The van der Waals surface area contributed by atoms with Crippen molar-refractivity contribution in [1.29, 1.82) is 0 Å². The van der Waals surface area contributed by atoms with Crippen molar-refractivity contribution >= 4 is 11.8 Å². The normalized spacial score (nSPS) is 10.1. The molecule has 2 rings (SSSR count). The van der Waals surface area contributed by atoms with Gasteiger partial charge in [-0.25, -0.2) is 9.78 Å². The molecule has 0 saturated carbocycles. The van der Waals surface area contributed by atoms with Crippen LogP contribution in [0.2, 0.25) is 0 Å². The SMILES string of the molecule is O=C(O)c1cncc(NCCc2ccco2)n1. The first-order valence-electron chi connectivity index (χ1n) is 5.07. The van der Waals surface area contributed by atoms with Crippen molar-refractivity contribution in [2.24, 2.45) is 0 Å². The summed E-state index contributed by atoms with van der Waals surface area (Å²) in [6.07, 6.45) is 5.00. The highest BCUT2D eigenvalue weighted by Gasteiger charge is 2.05. The zero-order chi connectivity index (χ0) is 12.1. The summed E-state index contributed by atoms with van der Waals surface area (Å²) in [6.45, 7) is 0.602. The topological polar surface area (TPSA) is 88.2 Å². The Kier molecular flexibility index (Phi) is 3.34. The maximum atomic E-state index is 10.7. The van der Waals surface area contributed by atoms with Crippen LogP contribution in [0.15, 0.2) is 35.2 Å². The second kappa shape index (κ2) is 5.11. The summed E-state index contributed by atoms with van der Waals surface area (Å²) in [7, 11) is 0. The number of aromatic nitrogens is 2. The molecule has 0 atom stereocenters. The Balaban J connectivity index is 1.90. The average Bonchev–Trinajstić information content (AvgIpc) is 2.82. The van der Waals surface area contributed by atoms with Crippen LogP contribution in [0.25, 0.3) is 0 Å². The Labute approximate surface area is 97.3 Å². The number of nitrogens with zero attached hydrogens (tertiary/aromatic N) is 2. The van der Waals surface area contributed by atoms with Crippen molar-refractivity contribution in [1.82, 2.24) is 9.97 Å². The van der Waals surface area contributed by atoms with Crippen LogP contribution in [0.1, 0.15) is 16.2 Å². The van der Waals surface area contributed by atoms with E-state index in [-0.39, 0.29) is 5.69 Å². The van der Waals surface area contributed by atoms with E-state index in [1.807, 2.05) is 12.1 Å². The number of hydrogen-bond donors (Lipinski definition) is 2. The molecule has 0 saturated heterocycles. The Morgan fingerprint density at radius 3 is 3.06 bits per heavy atom. The van der Waals surface area contributed by atoms with E-state index in [0.29, 0.717) is 18.8 Å². The van der Waals surface area contributed by atoms with E-state index in [0.717, 1.165) is 5.76 Å². The van der Waals surface area contributed by atoms with Gasteiger partial charge in [-0.2, -0.15) is 0 Å². The molecule has 0 bridgehead atoms. The molecule has 6 nitrogen and oxygen atoms in total. The third kappa shape index (κ3) is 3.04. The van der Waals surface area contributed by atoms with Crippen LogP contribution in [-0.2, 0) is 6.42 Å². The lowest BCUT2D eigenvalue weighted by atomic mass is 10.3. The molecule has 88 valence electrons. The minimum atomic E-state index is -1.09. The van der Waals surface area contributed by atoms with Gasteiger partial charge in [-0.15, -0.1) is 0 Å². The number of carboxylic acids is 1. The van der Waals surface area contributed by atoms with Crippen molar-refractivity contribution < 1.29 is 14.3 Å². The number of hydrogen-bond acceptors (Lipinski definition) is 5. The van der Waals surface area contributed by atoms with Crippen molar-refractivity contribution in [2.45, 2.75) is 6.42 Å². The number of carboxylic acid groups (broad SMARTS) is 1. The van der Waals surface area contributed by atoms with E-state index in [1.54, 1.807) is 6.26 Å². The highest BCUT2D eigenvalue weighted by atomic mass is 16.4. The molecule has 0 aromatic carbocycles. The molecule has 2 N–H and O–H groups in total. The molecule has 17 heavy (non-hydrogen) atoms. The molecule has 0 aliphatic heterocycles. The Morgan fingerprint density at radius 1 is 1.47 bits per heavy atom. The third-order valence-corrected chi connectivity index (χ3v) is 2.11. The lowest BCUT2D eigenvalue weighted by Crippen LogP contribution is -2.09. The monoisotopic (exact) mass is 233 g/mol. The van der Waals surface area contributed by atoms with Gasteiger partial charge in [0, 0.05) is 13.0 Å². The van der Waals surface area contributed by atoms with Gasteiger partial charge in [0.25, 0.3) is 0 Å². The van der Waals surface area contributed by atoms with Gasteiger partial charge < -0.3 is 14.8 Å². The van der Waals surface area contributed by atoms with Crippen molar-refractivity contribution in [2.75, 3.05) is 11.9 Å². The summed E-state index contributed by atoms with van der Waals surface area (Å²) in [5, 5.41) is 11.7. The van der Waals surface area contributed by atoms with Gasteiger partial charge in [0.15, 0.2) is 5.69 Å². The van der Waals surface area contributed by atoms with Gasteiger partial charge in [-0.05, 0) is 12.1 Å². The molecule has 6 heteroatoms. The number of anilines is 1. The quantitative estimate of drug-likeness (QED) is 0.812. The van der Waals surface area contributed by atoms with Crippen molar-refractivity contribution in [3.05, 3.63) is 42.2 Å². The van der Waals surface area contributed by atoms with Gasteiger partial charge in [-0.1, -0.05) is 0 Å². The molecule has 0 aliphatic carbocycles. The molecule has 0 fully saturated rings. The van der Waals surface area contributed by atoms with E-state index in [2.05, 4.69) is 15.3 Å². The number of nitrogens with one attached hydrogen (secondary N) is 1. The van der Waals surface area contributed by atoms with Crippen LogP contribution in [-0.4, -0.2) is 27.6 Å². The molecule has 2 heterocycles. The first kappa shape index (κ1) is 11.1. The van der Waals surface area contributed by atoms with Crippen molar-refractivity contribution in [3.8, 4) is 0 Å². The van der Waals surface area contributed by atoms with E-state index >= 15 is 0 Å². The second-order valence-corrected chi connectivity index (χ2v) is 3.35. The standard InChI is InChI=1S/C11H11N3O3/c15-11(16)9-6-12-7-10(14-9)13-4-3-8-2-1-5-17-8/h1-2,5-7H,3-4H2,(H,13,14)(H,15,16). The molecule has 0 aliphatic rings. The number of rotatable bonds is 5. The fourth-order valence-electron chi connectivity index (χ4n) is 1.32. The highest BCUT2D eigenvalue weighted by Crippen LogP contribution is 2.04. The average molecular weight is 233 g/mol. The first-order chi connectivity index (χ1) is 8.25. The summed E-state index contributed by atoms with van der Waals surface area (Å²) >= 11 is 0. The summed E-state index contributed by atoms with van der Waals surface area (Å²) in [5.74, 6) is 0.212. The number of aromatic carboxylic acids is 1. The Morgan fingerprint density at radius 2 is 2.35 bits per heavy atom. The molecule has 0 radical (unpaired) electrons. The van der Waals surface area contributed by atoms with Crippen LogP contribution in [0.5, 0.6) is 0 Å². The minimum absolute atomic E-state index is 0.0759. The highest BCUT2D eigenvalue weighted by molar-refractivity contribution is 5.85. The van der Waals surface area contributed by atoms with Crippen LogP contribution >= 0.6 is 0 Å². The molecule has 2 aromatic rings. The lowest BCUT2D eigenvalue weighted by molar-refractivity contribution is 0.0690.